The fourth-order valence-electron chi connectivity index (χ4n) is 2.17. The number of nitrogens with one attached hydrogen (secondary N) is 1. The van der Waals surface area contributed by atoms with Crippen LogP contribution in [-0.4, -0.2) is 51.4 Å². The van der Waals surface area contributed by atoms with Gasteiger partial charge in [0.2, 0.25) is 0 Å². The molecule has 110 valence electrons. The van der Waals surface area contributed by atoms with E-state index in [-0.39, 0.29) is 11.9 Å². The standard InChI is InChI=1S/C13H20N4O3/c1-9-5-15-17(6-9)4-3-14-13(20)16-7-11(8-16)10(2)12(18)19/h5-6,10-11H,3-4,7-8H2,1-2H3,(H,14,20)(H,18,19). The summed E-state index contributed by atoms with van der Waals surface area (Å²) < 4.78 is 1.78. The average molecular weight is 280 g/mol. The number of carboxylic acids is 1. The largest absolute Gasteiger partial charge is 0.481 e. The van der Waals surface area contributed by atoms with Crippen LogP contribution in [0, 0.1) is 18.8 Å². The lowest BCUT2D eigenvalue weighted by molar-refractivity contribution is -0.144. The van der Waals surface area contributed by atoms with Crippen molar-refractivity contribution in [2.24, 2.45) is 11.8 Å². The fraction of sp³-hybridized carbons (Fsp3) is 0.615. The number of aliphatic carboxylic acids is 1. The number of likely N-dealkylation sites (tertiary alicyclic amines) is 1. The molecule has 0 bridgehead atoms. The van der Waals surface area contributed by atoms with Crippen LogP contribution in [0.15, 0.2) is 12.4 Å². The van der Waals surface area contributed by atoms with Gasteiger partial charge in [0.15, 0.2) is 0 Å². The monoisotopic (exact) mass is 280 g/mol. The predicted octanol–water partition coefficient (Wildman–Crippen LogP) is 0.554. The van der Waals surface area contributed by atoms with E-state index in [0.717, 1.165) is 5.56 Å². The minimum absolute atomic E-state index is 0.0621. The highest BCUT2D eigenvalue weighted by molar-refractivity contribution is 5.76. The Labute approximate surface area is 117 Å². The molecule has 2 amide bonds. The molecule has 0 saturated carbocycles. The Balaban J connectivity index is 1.66. The smallest absolute Gasteiger partial charge is 0.317 e. The third-order valence-electron chi connectivity index (χ3n) is 3.67. The minimum atomic E-state index is -0.802. The highest BCUT2D eigenvalue weighted by Gasteiger charge is 2.36. The van der Waals surface area contributed by atoms with Gasteiger partial charge in [-0.05, 0) is 12.5 Å². The van der Waals surface area contributed by atoms with E-state index in [2.05, 4.69) is 10.4 Å². The number of aromatic nitrogens is 2. The van der Waals surface area contributed by atoms with E-state index in [1.807, 2.05) is 13.1 Å². The van der Waals surface area contributed by atoms with E-state index in [0.29, 0.717) is 26.2 Å². The topological polar surface area (TPSA) is 87.5 Å². The fourth-order valence-corrected chi connectivity index (χ4v) is 2.17. The minimum Gasteiger partial charge on any atom is -0.481 e. The number of aryl methyl sites for hydroxylation is 1. The molecule has 0 radical (unpaired) electrons. The molecule has 1 unspecified atom stereocenters. The Bertz CT molecular complexity index is 494. The van der Waals surface area contributed by atoms with Crippen LogP contribution in [0.4, 0.5) is 4.79 Å². The summed E-state index contributed by atoms with van der Waals surface area (Å²) in [6.45, 7) is 5.81. The molecule has 2 heterocycles. The zero-order chi connectivity index (χ0) is 14.7. The van der Waals surface area contributed by atoms with Crippen molar-refractivity contribution < 1.29 is 14.7 Å². The summed E-state index contributed by atoms with van der Waals surface area (Å²) in [5.41, 5.74) is 1.09. The van der Waals surface area contributed by atoms with E-state index >= 15 is 0 Å². The first-order valence-corrected chi connectivity index (χ1v) is 6.72. The Hall–Kier alpha value is -2.05. The quantitative estimate of drug-likeness (QED) is 0.824. The van der Waals surface area contributed by atoms with Gasteiger partial charge >= 0.3 is 12.0 Å². The molecule has 2 rings (SSSR count). The van der Waals surface area contributed by atoms with Crippen molar-refractivity contribution in [1.82, 2.24) is 20.0 Å². The number of rotatable bonds is 5. The Morgan fingerprint density at radius 1 is 1.55 bits per heavy atom. The number of hydrogen-bond acceptors (Lipinski definition) is 3. The molecule has 7 heteroatoms. The van der Waals surface area contributed by atoms with Crippen LogP contribution in [-0.2, 0) is 11.3 Å². The average Bonchev–Trinajstić information content (AvgIpc) is 2.73. The van der Waals surface area contributed by atoms with Crippen molar-refractivity contribution in [2.75, 3.05) is 19.6 Å². The number of amides is 2. The molecule has 0 spiro atoms. The Kier molecular flexibility index (Phi) is 4.26. The van der Waals surface area contributed by atoms with Gasteiger partial charge in [0, 0.05) is 31.7 Å². The second-order valence-corrected chi connectivity index (χ2v) is 5.30. The normalized spacial score (nSPS) is 16.6. The molecule has 1 aliphatic heterocycles. The summed E-state index contributed by atoms with van der Waals surface area (Å²) in [7, 11) is 0. The maximum Gasteiger partial charge on any atom is 0.317 e. The van der Waals surface area contributed by atoms with E-state index in [1.54, 1.807) is 22.7 Å². The summed E-state index contributed by atoms with van der Waals surface area (Å²) >= 11 is 0. The molecule has 2 N–H and O–H groups in total. The zero-order valence-corrected chi connectivity index (χ0v) is 11.7. The summed E-state index contributed by atoms with van der Waals surface area (Å²) in [4.78, 5) is 24.2. The van der Waals surface area contributed by atoms with Gasteiger partial charge in [-0.15, -0.1) is 0 Å². The molecule has 1 fully saturated rings. The van der Waals surface area contributed by atoms with Crippen molar-refractivity contribution in [3.8, 4) is 0 Å². The van der Waals surface area contributed by atoms with Crippen molar-refractivity contribution in [2.45, 2.75) is 20.4 Å². The maximum atomic E-state index is 11.8. The van der Waals surface area contributed by atoms with Gasteiger partial charge in [-0.1, -0.05) is 6.92 Å². The van der Waals surface area contributed by atoms with Gasteiger partial charge in [-0.2, -0.15) is 5.10 Å². The van der Waals surface area contributed by atoms with Crippen molar-refractivity contribution >= 4 is 12.0 Å². The van der Waals surface area contributed by atoms with E-state index < -0.39 is 11.9 Å². The SMILES string of the molecule is Cc1cnn(CCNC(=O)N2CC(C(C)C(=O)O)C2)c1. The first-order valence-electron chi connectivity index (χ1n) is 6.72. The van der Waals surface area contributed by atoms with Crippen molar-refractivity contribution in [3.63, 3.8) is 0 Å². The van der Waals surface area contributed by atoms with Crippen molar-refractivity contribution in [1.29, 1.82) is 0 Å². The second kappa shape index (κ2) is 5.94. The van der Waals surface area contributed by atoms with Crippen LogP contribution in [0.25, 0.3) is 0 Å². The number of hydrogen-bond donors (Lipinski definition) is 2. The van der Waals surface area contributed by atoms with Crippen LogP contribution in [0.2, 0.25) is 0 Å². The first kappa shape index (κ1) is 14.4. The summed E-state index contributed by atoms with van der Waals surface area (Å²) in [5, 5.41) is 15.8. The predicted molar refractivity (Wildman–Crippen MR) is 72.2 cm³/mol. The third kappa shape index (κ3) is 3.28. The molecule has 0 aliphatic carbocycles. The molecule has 20 heavy (non-hydrogen) atoms. The lowest BCUT2D eigenvalue weighted by atomic mass is 9.87. The van der Waals surface area contributed by atoms with E-state index in [1.165, 1.54) is 0 Å². The number of urea groups is 1. The summed E-state index contributed by atoms with van der Waals surface area (Å²) in [5.74, 6) is -1.14. The molecule has 7 nitrogen and oxygen atoms in total. The molecular weight excluding hydrogens is 260 g/mol. The van der Waals surface area contributed by atoms with E-state index in [4.69, 9.17) is 5.11 Å². The molecule has 1 aliphatic rings. The second-order valence-electron chi connectivity index (χ2n) is 5.30. The highest BCUT2D eigenvalue weighted by Crippen LogP contribution is 2.23. The van der Waals surface area contributed by atoms with Gasteiger partial charge in [-0.25, -0.2) is 4.79 Å². The van der Waals surface area contributed by atoms with Crippen LogP contribution in [0.5, 0.6) is 0 Å². The highest BCUT2D eigenvalue weighted by atomic mass is 16.4. The summed E-state index contributed by atoms with van der Waals surface area (Å²) in [6.07, 6.45) is 3.69. The number of carbonyl (C=O) groups is 2. The Morgan fingerprint density at radius 2 is 2.25 bits per heavy atom. The molecule has 1 atom stereocenters. The molecule has 1 aromatic heterocycles. The zero-order valence-electron chi connectivity index (χ0n) is 11.7. The molecule has 0 aromatic carbocycles. The van der Waals surface area contributed by atoms with Crippen LogP contribution in [0.3, 0.4) is 0 Å². The van der Waals surface area contributed by atoms with Gasteiger partial charge in [0.1, 0.15) is 0 Å². The van der Waals surface area contributed by atoms with Gasteiger partial charge in [-0.3, -0.25) is 9.48 Å². The number of nitrogens with zero attached hydrogens (tertiary/aromatic N) is 3. The van der Waals surface area contributed by atoms with Crippen LogP contribution >= 0.6 is 0 Å². The van der Waals surface area contributed by atoms with Crippen molar-refractivity contribution in [3.05, 3.63) is 18.0 Å². The van der Waals surface area contributed by atoms with Gasteiger partial charge in [0.25, 0.3) is 0 Å². The maximum absolute atomic E-state index is 11.8. The van der Waals surface area contributed by atoms with Crippen LogP contribution in [0.1, 0.15) is 12.5 Å². The molecular formula is C13H20N4O3. The number of carbonyl (C=O) groups excluding carboxylic acids is 1. The van der Waals surface area contributed by atoms with Crippen LogP contribution < -0.4 is 5.32 Å². The first-order chi connectivity index (χ1) is 9.47. The number of carboxylic acid groups (broad SMARTS) is 1. The molecule has 1 aromatic rings. The Morgan fingerprint density at radius 3 is 2.80 bits per heavy atom. The lowest BCUT2D eigenvalue weighted by Crippen LogP contribution is -2.56. The lowest BCUT2D eigenvalue weighted by Gasteiger charge is -2.41. The van der Waals surface area contributed by atoms with E-state index in [9.17, 15) is 9.59 Å². The third-order valence-corrected chi connectivity index (χ3v) is 3.67. The van der Waals surface area contributed by atoms with Gasteiger partial charge in [0.05, 0.1) is 18.7 Å². The van der Waals surface area contributed by atoms with Gasteiger partial charge < -0.3 is 15.3 Å². The summed E-state index contributed by atoms with van der Waals surface area (Å²) in [6, 6.07) is -0.136. The molecule has 1 saturated heterocycles.